The molecule has 6 nitrogen and oxygen atoms in total. The zero-order valence-electron chi connectivity index (χ0n) is 15.8. The van der Waals surface area contributed by atoms with Crippen LogP contribution in [0.1, 0.15) is 30.0 Å². The molecule has 1 N–H and O–H groups in total. The van der Waals surface area contributed by atoms with Gasteiger partial charge in [-0.25, -0.2) is 0 Å². The van der Waals surface area contributed by atoms with Crippen molar-refractivity contribution in [1.29, 1.82) is 0 Å². The Hall–Kier alpha value is -2.31. The highest BCUT2D eigenvalue weighted by Gasteiger charge is 2.28. The molecule has 3 heterocycles. The third-order valence-electron chi connectivity index (χ3n) is 5.38. The van der Waals surface area contributed by atoms with E-state index in [1.165, 1.54) is 16.7 Å². The quantitative estimate of drug-likeness (QED) is 0.877. The van der Waals surface area contributed by atoms with Crippen LogP contribution in [0, 0.1) is 0 Å². The second kappa shape index (κ2) is 8.15. The zero-order valence-corrected chi connectivity index (χ0v) is 15.8. The summed E-state index contributed by atoms with van der Waals surface area (Å²) in [5, 5.41) is 2.97. The number of furan rings is 1. The van der Waals surface area contributed by atoms with Gasteiger partial charge in [-0.1, -0.05) is 13.0 Å². The van der Waals surface area contributed by atoms with Gasteiger partial charge in [0.2, 0.25) is 5.91 Å². The summed E-state index contributed by atoms with van der Waals surface area (Å²) in [6, 6.07) is 8.42. The molecule has 2 aliphatic heterocycles. The topological polar surface area (TPSA) is 58.0 Å². The third-order valence-corrected chi connectivity index (χ3v) is 5.38. The maximum absolute atomic E-state index is 12.1. The molecule has 1 saturated heterocycles. The Bertz CT molecular complexity index is 775. The van der Waals surface area contributed by atoms with Gasteiger partial charge in [-0.15, -0.1) is 0 Å². The molecule has 1 unspecified atom stereocenters. The number of amides is 1. The summed E-state index contributed by atoms with van der Waals surface area (Å²) in [5.74, 6) is 1.12. The van der Waals surface area contributed by atoms with E-state index in [4.69, 9.17) is 9.15 Å². The van der Waals surface area contributed by atoms with Gasteiger partial charge in [0.05, 0.1) is 18.6 Å². The predicted molar refractivity (Wildman–Crippen MR) is 102 cm³/mol. The van der Waals surface area contributed by atoms with Crippen LogP contribution in [-0.2, 0) is 24.4 Å². The molecule has 144 valence electrons. The molecule has 4 rings (SSSR count). The average Bonchev–Trinajstić information content (AvgIpc) is 3.08. The van der Waals surface area contributed by atoms with Crippen molar-refractivity contribution in [3.05, 3.63) is 53.5 Å². The lowest BCUT2D eigenvalue weighted by atomic mass is 10.1. The van der Waals surface area contributed by atoms with Crippen LogP contribution in [0.3, 0.4) is 0 Å². The highest BCUT2D eigenvalue weighted by atomic mass is 16.5. The van der Waals surface area contributed by atoms with Gasteiger partial charge in [-0.2, -0.15) is 0 Å². The Kier molecular flexibility index (Phi) is 5.45. The Morgan fingerprint density at radius 2 is 2.11 bits per heavy atom. The number of fused-ring (bicyclic) bond motifs is 1. The van der Waals surface area contributed by atoms with E-state index in [1.807, 2.05) is 6.07 Å². The lowest BCUT2D eigenvalue weighted by Crippen LogP contribution is -2.54. The standard InChI is InChI=1S/C21H27N3O3/c1-2-19-21(25)22-6-7-24(19)13-16-3-4-20-18(11-16)14-23(8-10-27-20)12-17-5-9-26-15-17/h3-5,9,11,15,19H,2,6-8,10,12-14H2,1H3,(H,22,25). The van der Waals surface area contributed by atoms with Gasteiger partial charge in [0.1, 0.15) is 12.4 Å². The Morgan fingerprint density at radius 3 is 2.93 bits per heavy atom. The summed E-state index contributed by atoms with van der Waals surface area (Å²) < 4.78 is 11.2. The zero-order chi connectivity index (χ0) is 18.6. The molecule has 1 aromatic heterocycles. The first-order chi connectivity index (χ1) is 13.2. The van der Waals surface area contributed by atoms with Crippen LogP contribution in [0.15, 0.2) is 41.2 Å². The summed E-state index contributed by atoms with van der Waals surface area (Å²) in [6.45, 7) is 7.77. The largest absolute Gasteiger partial charge is 0.492 e. The van der Waals surface area contributed by atoms with E-state index in [9.17, 15) is 4.79 Å². The number of piperazine rings is 1. The van der Waals surface area contributed by atoms with Crippen LogP contribution in [0.2, 0.25) is 0 Å². The van der Waals surface area contributed by atoms with Crippen LogP contribution in [0.4, 0.5) is 0 Å². The minimum Gasteiger partial charge on any atom is -0.492 e. The van der Waals surface area contributed by atoms with Crippen molar-refractivity contribution in [2.24, 2.45) is 0 Å². The molecular formula is C21H27N3O3. The smallest absolute Gasteiger partial charge is 0.237 e. The van der Waals surface area contributed by atoms with E-state index >= 15 is 0 Å². The Labute approximate surface area is 160 Å². The van der Waals surface area contributed by atoms with Crippen LogP contribution < -0.4 is 10.1 Å². The fourth-order valence-electron chi connectivity index (χ4n) is 4.01. The molecule has 27 heavy (non-hydrogen) atoms. The van der Waals surface area contributed by atoms with Gasteiger partial charge in [-0.05, 0) is 30.2 Å². The summed E-state index contributed by atoms with van der Waals surface area (Å²) in [5.41, 5.74) is 3.62. The second-order valence-electron chi connectivity index (χ2n) is 7.32. The minimum absolute atomic E-state index is 0.0357. The molecule has 0 saturated carbocycles. The molecule has 0 aliphatic carbocycles. The number of hydrogen-bond acceptors (Lipinski definition) is 5. The van der Waals surface area contributed by atoms with Gasteiger partial charge in [-0.3, -0.25) is 14.6 Å². The number of nitrogens with zero attached hydrogens (tertiary/aromatic N) is 2. The van der Waals surface area contributed by atoms with Gasteiger partial charge in [0, 0.05) is 50.4 Å². The number of rotatable bonds is 5. The van der Waals surface area contributed by atoms with Crippen LogP contribution >= 0.6 is 0 Å². The number of benzene rings is 1. The number of carbonyl (C=O) groups is 1. The second-order valence-corrected chi connectivity index (χ2v) is 7.32. The lowest BCUT2D eigenvalue weighted by molar-refractivity contribution is -0.129. The maximum atomic E-state index is 12.1. The van der Waals surface area contributed by atoms with Crippen molar-refractivity contribution in [2.45, 2.75) is 39.0 Å². The van der Waals surface area contributed by atoms with Crippen molar-refractivity contribution < 1.29 is 13.9 Å². The summed E-state index contributed by atoms with van der Waals surface area (Å²) in [7, 11) is 0. The molecule has 1 aromatic carbocycles. The van der Waals surface area contributed by atoms with Gasteiger partial charge in [0.25, 0.3) is 0 Å². The SMILES string of the molecule is CCC1C(=O)NCCN1Cc1ccc2c(c1)CN(Cc1ccoc1)CCO2. The first kappa shape index (κ1) is 18.1. The molecule has 1 fully saturated rings. The number of nitrogens with one attached hydrogen (secondary N) is 1. The molecule has 0 spiro atoms. The fourth-order valence-corrected chi connectivity index (χ4v) is 4.01. The molecular weight excluding hydrogens is 342 g/mol. The summed E-state index contributed by atoms with van der Waals surface area (Å²) >= 11 is 0. The van der Waals surface area contributed by atoms with E-state index in [1.54, 1.807) is 12.5 Å². The summed E-state index contributed by atoms with van der Waals surface area (Å²) in [6.07, 6.45) is 4.35. The van der Waals surface area contributed by atoms with Crippen LogP contribution in [0.25, 0.3) is 0 Å². The van der Waals surface area contributed by atoms with Crippen molar-refractivity contribution in [3.63, 3.8) is 0 Å². The normalized spacial score (nSPS) is 21.2. The molecule has 1 amide bonds. The number of hydrogen-bond donors (Lipinski definition) is 1. The monoisotopic (exact) mass is 369 g/mol. The van der Waals surface area contributed by atoms with Crippen molar-refractivity contribution in [1.82, 2.24) is 15.1 Å². The maximum Gasteiger partial charge on any atom is 0.237 e. The van der Waals surface area contributed by atoms with Crippen LogP contribution in [-0.4, -0.2) is 48.0 Å². The minimum atomic E-state index is -0.0357. The molecule has 0 radical (unpaired) electrons. The van der Waals surface area contributed by atoms with Crippen molar-refractivity contribution in [3.8, 4) is 5.75 Å². The number of ether oxygens (including phenoxy) is 1. The van der Waals surface area contributed by atoms with E-state index in [0.29, 0.717) is 6.61 Å². The first-order valence-corrected chi connectivity index (χ1v) is 9.72. The predicted octanol–water partition coefficient (Wildman–Crippen LogP) is 2.38. The first-order valence-electron chi connectivity index (χ1n) is 9.72. The molecule has 2 aromatic rings. The fraction of sp³-hybridized carbons (Fsp3) is 0.476. The van der Waals surface area contributed by atoms with E-state index in [2.05, 4.69) is 40.2 Å². The Balaban J connectivity index is 1.48. The molecule has 0 bridgehead atoms. The molecule has 2 aliphatic rings. The van der Waals surface area contributed by atoms with Gasteiger partial charge in [0.15, 0.2) is 0 Å². The summed E-state index contributed by atoms with van der Waals surface area (Å²) in [4.78, 5) is 16.8. The van der Waals surface area contributed by atoms with Crippen LogP contribution in [0.5, 0.6) is 5.75 Å². The Morgan fingerprint density at radius 1 is 1.19 bits per heavy atom. The van der Waals surface area contributed by atoms with E-state index in [-0.39, 0.29) is 11.9 Å². The lowest BCUT2D eigenvalue weighted by Gasteiger charge is -2.34. The van der Waals surface area contributed by atoms with Gasteiger partial charge < -0.3 is 14.5 Å². The number of carbonyl (C=O) groups excluding carboxylic acids is 1. The van der Waals surface area contributed by atoms with E-state index < -0.39 is 0 Å². The molecule has 1 atom stereocenters. The highest BCUT2D eigenvalue weighted by molar-refractivity contribution is 5.82. The third kappa shape index (κ3) is 4.17. The van der Waals surface area contributed by atoms with Crippen molar-refractivity contribution in [2.75, 3.05) is 26.2 Å². The van der Waals surface area contributed by atoms with E-state index in [0.717, 1.165) is 51.4 Å². The average molecular weight is 369 g/mol. The van der Waals surface area contributed by atoms with Gasteiger partial charge >= 0.3 is 0 Å². The molecule has 6 heteroatoms. The van der Waals surface area contributed by atoms with Crippen molar-refractivity contribution >= 4 is 5.91 Å². The highest BCUT2D eigenvalue weighted by Crippen LogP contribution is 2.26.